The molecule has 0 N–H and O–H groups in total. The fourth-order valence-electron chi connectivity index (χ4n) is 4.24. The second-order valence-corrected chi connectivity index (χ2v) is 8.26. The maximum absolute atomic E-state index is 14.1. The van der Waals surface area contributed by atoms with E-state index in [-0.39, 0.29) is 11.3 Å². The van der Waals surface area contributed by atoms with E-state index in [1.165, 1.54) is 56.9 Å². The van der Waals surface area contributed by atoms with Crippen LogP contribution < -0.4 is 0 Å². The second kappa shape index (κ2) is 11.2. The number of nitrogens with zero attached hydrogens (tertiary/aromatic N) is 1. The average molecular weight is 424 g/mol. The number of aliphatic imine (C=N–C) groups is 1. The van der Waals surface area contributed by atoms with Crippen LogP contribution in [-0.4, -0.2) is 5.16 Å². The Morgan fingerprint density at radius 2 is 1.63 bits per heavy atom. The molecule has 0 amide bonds. The Kier molecular flexibility index (Phi) is 8.31. The van der Waals surface area contributed by atoms with Crippen LogP contribution in [0.25, 0.3) is 0 Å². The van der Waals surface area contributed by atoms with E-state index < -0.39 is 11.6 Å². The third-order valence-electron chi connectivity index (χ3n) is 5.98. The minimum atomic E-state index is -0.751. The van der Waals surface area contributed by atoms with Gasteiger partial charge in [-0.2, -0.15) is 4.99 Å². The predicted molar refractivity (Wildman–Crippen MR) is 122 cm³/mol. The minimum absolute atomic E-state index is 0.0926. The van der Waals surface area contributed by atoms with E-state index in [9.17, 15) is 8.78 Å². The molecule has 0 atom stereocenters. The number of hydrogen-bond acceptors (Lipinski definition) is 2. The molecule has 3 rings (SSSR count). The maximum atomic E-state index is 14.1. The van der Waals surface area contributed by atoms with Crippen molar-refractivity contribution in [3.63, 3.8) is 0 Å². The molecule has 1 saturated carbocycles. The molecule has 30 heavy (non-hydrogen) atoms. The van der Waals surface area contributed by atoms with Crippen LogP contribution in [0.4, 0.5) is 14.5 Å². The van der Waals surface area contributed by atoms with Gasteiger partial charge in [0.05, 0.1) is 16.4 Å². The van der Waals surface area contributed by atoms with Crippen molar-refractivity contribution in [1.29, 1.82) is 0 Å². The molecule has 1 nitrogen and oxygen atoms in total. The smallest absolute Gasteiger partial charge is 0.143 e. The number of unbranched alkanes of at least 4 members (excludes halogenated alkanes) is 2. The second-order valence-electron chi connectivity index (χ2n) is 8.07. The summed E-state index contributed by atoms with van der Waals surface area (Å²) in [4.78, 5) is 3.60. The normalized spacial score (nSPS) is 18.2. The molecule has 1 aliphatic rings. The lowest BCUT2D eigenvalue weighted by molar-refractivity contribution is 0.303. The standard InChI is InChI=1S/C26H27F2NS/c1-2-3-4-5-19-6-11-21(12-7-19)22-13-8-20(9-14-22)10-15-24-25(27)16-23(29-18-30)17-26(24)28/h8-9,13-14,16-17,19,21H,2-7,11-12H2,1H3. The molecule has 2 aromatic carbocycles. The number of hydrogen-bond donors (Lipinski definition) is 0. The van der Waals surface area contributed by atoms with Gasteiger partial charge >= 0.3 is 0 Å². The number of halogens is 2. The lowest BCUT2D eigenvalue weighted by atomic mass is 9.77. The Morgan fingerprint density at radius 3 is 2.23 bits per heavy atom. The van der Waals surface area contributed by atoms with Crippen LogP contribution in [0.15, 0.2) is 41.4 Å². The van der Waals surface area contributed by atoms with E-state index in [4.69, 9.17) is 0 Å². The molecule has 0 aromatic heterocycles. The molecule has 0 spiro atoms. The fraction of sp³-hybridized carbons (Fsp3) is 0.423. The molecule has 1 fully saturated rings. The third-order valence-corrected chi connectivity index (χ3v) is 6.07. The Bertz CT molecular complexity index is 934. The molecule has 0 radical (unpaired) electrons. The van der Waals surface area contributed by atoms with Crippen molar-refractivity contribution in [2.75, 3.05) is 0 Å². The lowest BCUT2D eigenvalue weighted by Crippen LogP contribution is -2.13. The number of isothiocyanates is 1. The van der Waals surface area contributed by atoms with E-state index in [0.717, 1.165) is 23.6 Å². The largest absolute Gasteiger partial charge is 0.205 e. The highest BCUT2D eigenvalue weighted by molar-refractivity contribution is 7.78. The lowest BCUT2D eigenvalue weighted by Gasteiger charge is -2.29. The van der Waals surface area contributed by atoms with Crippen molar-refractivity contribution in [3.05, 3.63) is 64.7 Å². The summed E-state index contributed by atoms with van der Waals surface area (Å²) in [6, 6.07) is 10.3. The van der Waals surface area contributed by atoms with Crippen LogP contribution >= 0.6 is 12.2 Å². The first kappa shape index (κ1) is 22.3. The third kappa shape index (κ3) is 6.08. The summed E-state index contributed by atoms with van der Waals surface area (Å²) in [5, 5.41) is 2.10. The first-order valence-corrected chi connectivity index (χ1v) is 11.2. The summed E-state index contributed by atoms with van der Waals surface area (Å²) >= 11 is 4.46. The molecule has 156 valence electrons. The maximum Gasteiger partial charge on any atom is 0.143 e. The molecule has 0 saturated heterocycles. The van der Waals surface area contributed by atoms with Gasteiger partial charge in [0.1, 0.15) is 11.6 Å². The SMILES string of the molecule is CCCCCC1CCC(c2ccc(C#Cc3c(F)cc(N=C=S)cc3F)cc2)CC1. The fourth-order valence-corrected chi connectivity index (χ4v) is 4.34. The molecule has 0 unspecified atom stereocenters. The number of benzene rings is 2. The van der Waals surface area contributed by atoms with E-state index in [0.29, 0.717) is 5.92 Å². The van der Waals surface area contributed by atoms with Crippen molar-refractivity contribution in [2.45, 2.75) is 64.2 Å². The van der Waals surface area contributed by atoms with Crippen LogP contribution in [0.1, 0.15) is 80.9 Å². The molecule has 0 aliphatic heterocycles. The zero-order valence-electron chi connectivity index (χ0n) is 17.4. The Labute approximate surface area is 183 Å². The average Bonchev–Trinajstić information content (AvgIpc) is 2.75. The summed E-state index contributed by atoms with van der Waals surface area (Å²) in [5.74, 6) is 5.47. The van der Waals surface area contributed by atoms with Gasteiger partial charge in [-0.05, 0) is 67.4 Å². The molecule has 2 aromatic rings. The van der Waals surface area contributed by atoms with Gasteiger partial charge in [0.2, 0.25) is 0 Å². The first-order chi connectivity index (χ1) is 14.6. The van der Waals surface area contributed by atoms with Crippen LogP contribution in [0.3, 0.4) is 0 Å². The molecular weight excluding hydrogens is 396 g/mol. The van der Waals surface area contributed by atoms with Crippen LogP contribution in [0.5, 0.6) is 0 Å². The van der Waals surface area contributed by atoms with E-state index in [1.54, 1.807) is 0 Å². The van der Waals surface area contributed by atoms with Crippen molar-refractivity contribution < 1.29 is 8.78 Å². The summed E-state index contributed by atoms with van der Waals surface area (Å²) in [7, 11) is 0. The highest BCUT2D eigenvalue weighted by Gasteiger charge is 2.21. The highest BCUT2D eigenvalue weighted by Crippen LogP contribution is 2.37. The molecule has 1 aliphatic carbocycles. The van der Waals surface area contributed by atoms with Gasteiger partial charge in [-0.1, -0.05) is 56.6 Å². The highest BCUT2D eigenvalue weighted by atomic mass is 32.1. The van der Waals surface area contributed by atoms with Crippen molar-refractivity contribution in [1.82, 2.24) is 0 Å². The molecule has 0 heterocycles. The first-order valence-electron chi connectivity index (χ1n) is 10.8. The molecule has 0 bridgehead atoms. The Morgan fingerprint density at radius 1 is 0.967 bits per heavy atom. The van der Waals surface area contributed by atoms with Gasteiger partial charge in [-0.3, -0.25) is 0 Å². The zero-order chi connectivity index (χ0) is 21.3. The quantitative estimate of drug-likeness (QED) is 0.199. The number of thiocarbonyl (C=S) groups is 1. The van der Waals surface area contributed by atoms with Gasteiger partial charge in [0, 0.05) is 17.7 Å². The summed E-state index contributed by atoms with van der Waals surface area (Å²) in [5.41, 5.74) is 1.91. The van der Waals surface area contributed by atoms with E-state index >= 15 is 0 Å². The van der Waals surface area contributed by atoms with E-state index in [1.807, 2.05) is 12.1 Å². The minimum Gasteiger partial charge on any atom is -0.205 e. The molecule has 4 heteroatoms. The Balaban J connectivity index is 1.62. The topological polar surface area (TPSA) is 12.4 Å². The van der Waals surface area contributed by atoms with Crippen LogP contribution in [0.2, 0.25) is 0 Å². The van der Waals surface area contributed by atoms with Crippen LogP contribution in [-0.2, 0) is 0 Å². The van der Waals surface area contributed by atoms with Crippen molar-refractivity contribution in [2.24, 2.45) is 10.9 Å². The van der Waals surface area contributed by atoms with E-state index in [2.05, 4.69) is 53.3 Å². The monoisotopic (exact) mass is 423 g/mol. The zero-order valence-corrected chi connectivity index (χ0v) is 18.2. The van der Waals surface area contributed by atoms with Crippen molar-refractivity contribution >= 4 is 23.1 Å². The van der Waals surface area contributed by atoms with Gasteiger partial charge < -0.3 is 0 Å². The van der Waals surface area contributed by atoms with Gasteiger partial charge in [0.25, 0.3) is 0 Å². The number of rotatable bonds is 6. The molecular formula is C26H27F2NS. The summed E-state index contributed by atoms with van der Waals surface area (Å²) < 4.78 is 28.2. The van der Waals surface area contributed by atoms with Crippen molar-refractivity contribution in [3.8, 4) is 11.8 Å². The summed E-state index contributed by atoms with van der Waals surface area (Å²) in [6.45, 7) is 2.26. The van der Waals surface area contributed by atoms with Crippen LogP contribution in [0, 0.1) is 29.4 Å². The predicted octanol–water partition coefficient (Wildman–Crippen LogP) is 7.95. The van der Waals surface area contributed by atoms with Gasteiger partial charge in [-0.25, -0.2) is 8.78 Å². The Hall–Kier alpha value is -2.34. The van der Waals surface area contributed by atoms with Gasteiger partial charge in [-0.15, -0.1) is 0 Å². The summed E-state index contributed by atoms with van der Waals surface area (Å²) in [6.07, 6.45) is 10.5. The van der Waals surface area contributed by atoms with Gasteiger partial charge in [0.15, 0.2) is 0 Å².